The Labute approximate surface area is 41.5 Å². The van der Waals surface area contributed by atoms with Gasteiger partial charge in [-0.25, -0.2) is 0 Å². The second-order valence-corrected chi connectivity index (χ2v) is 1.35. The van der Waals surface area contributed by atoms with Crippen LogP contribution >= 0.6 is 0 Å². The van der Waals surface area contributed by atoms with Crippen LogP contribution in [-0.2, 0) is 9.53 Å². The molecule has 0 N–H and O–H groups in total. The van der Waals surface area contributed by atoms with E-state index in [2.05, 4.69) is 10.7 Å². The molecular formula is C5H4O2. The van der Waals surface area contributed by atoms with Gasteiger partial charge in [-0.3, -0.25) is 4.79 Å². The third-order valence-electron chi connectivity index (χ3n) is 0.878. The Kier molecular flexibility index (Phi) is 0.759. The van der Waals surface area contributed by atoms with Gasteiger partial charge in [0.2, 0.25) is 0 Å². The maximum Gasteiger partial charge on any atom is 0.324 e. The zero-order valence-electron chi connectivity index (χ0n) is 3.68. The van der Waals surface area contributed by atoms with Gasteiger partial charge in [0, 0.05) is 0 Å². The van der Waals surface area contributed by atoms with Crippen molar-refractivity contribution in [3.05, 3.63) is 0 Å². The van der Waals surface area contributed by atoms with Crippen LogP contribution in [0.3, 0.4) is 0 Å². The van der Waals surface area contributed by atoms with Crippen LogP contribution in [0.1, 0.15) is 0 Å². The van der Waals surface area contributed by atoms with Crippen LogP contribution in [0.25, 0.3) is 0 Å². The third-order valence-corrected chi connectivity index (χ3v) is 0.878. The summed E-state index contributed by atoms with van der Waals surface area (Å²) in [6, 6.07) is 0. The number of cyclic esters (lactones) is 1. The normalized spacial score (nSPS) is 27.3. The second kappa shape index (κ2) is 1.27. The van der Waals surface area contributed by atoms with E-state index in [0.717, 1.165) is 0 Å². The highest BCUT2D eigenvalue weighted by Gasteiger charge is 2.27. The molecule has 7 heavy (non-hydrogen) atoms. The average Bonchev–Trinajstić information content (AvgIpc) is 1.65. The topological polar surface area (TPSA) is 26.3 Å². The molecule has 2 heteroatoms. The minimum atomic E-state index is -0.262. The molecule has 2 nitrogen and oxygen atoms in total. The van der Waals surface area contributed by atoms with Crippen molar-refractivity contribution in [2.45, 2.75) is 0 Å². The van der Waals surface area contributed by atoms with Gasteiger partial charge in [0.25, 0.3) is 0 Å². The maximum atomic E-state index is 10.1. The summed E-state index contributed by atoms with van der Waals surface area (Å²) < 4.78 is 4.35. The van der Waals surface area contributed by atoms with Gasteiger partial charge >= 0.3 is 5.97 Å². The molecule has 1 rings (SSSR count). The van der Waals surface area contributed by atoms with E-state index in [1.54, 1.807) is 0 Å². The first-order valence-electron chi connectivity index (χ1n) is 1.97. The number of hydrogen-bond acceptors (Lipinski definition) is 2. The standard InChI is InChI=1S/C5H4O2/c1-2-4-3-7-5(4)6/h1,4H,3H2. The van der Waals surface area contributed by atoms with Crippen molar-refractivity contribution < 1.29 is 9.53 Å². The Morgan fingerprint density at radius 1 is 2.00 bits per heavy atom. The quantitative estimate of drug-likeness (QED) is 0.308. The molecule has 0 amide bonds. The monoisotopic (exact) mass is 96.0 g/mol. The van der Waals surface area contributed by atoms with Crippen LogP contribution in [0.4, 0.5) is 0 Å². The molecule has 0 saturated carbocycles. The first-order chi connectivity index (χ1) is 3.34. The molecule has 1 saturated heterocycles. The van der Waals surface area contributed by atoms with E-state index in [1.165, 1.54) is 0 Å². The van der Waals surface area contributed by atoms with Crippen LogP contribution < -0.4 is 0 Å². The predicted octanol–water partition coefficient (Wildman–Crippen LogP) is -0.207. The number of esters is 1. The van der Waals surface area contributed by atoms with E-state index in [-0.39, 0.29) is 11.9 Å². The minimum absolute atomic E-state index is 0.250. The van der Waals surface area contributed by atoms with E-state index in [1.807, 2.05) is 0 Å². The smallest absolute Gasteiger partial charge is 0.324 e. The molecule has 0 bridgehead atoms. The summed E-state index contributed by atoms with van der Waals surface area (Å²) in [5.41, 5.74) is 0. The Morgan fingerprint density at radius 2 is 2.71 bits per heavy atom. The number of ether oxygens (including phenoxy) is 1. The van der Waals surface area contributed by atoms with Crippen LogP contribution in [0.2, 0.25) is 0 Å². The Hall–Kier alpha value is -0.970. The Bertz CT molecular complexity index is 132. The zero-order chi connectivity index (χ0) is 5.28. The summed E-state index contributed by atoms with van der Waals surface area (Å²) in [6.45, 7) is 0.412. The lowest BCUT2D eigenvalue weighted by Gasteiger charge is -2.18. The number of rotatable bonds is 0. The fraction of sp³-hybridized carbons (Fsp3) is 0.400. The number of terminal acetylenes is 1. The van der Waals surface area contributed by atoms with E-state index >= 15 is 0 Å². The van der Waals surface area contributed by atoms with Crippen molar-refractivity contribution >= 4 is 5.97 Å². The summed E-state index contributed by atoms with van der Waals surface area (Å²) in [7, 11) is 0. The lowest BCUT2D eigenvalue weighted by molar-refractivity contribution is -0.163. The molecule has 0 aromatic rings. The van der Waals surface area contributed by atoms with Gasteiger partial charge < -0.3 is 4.74 Å². The van der Waals surface area contributed by atoms with Crippen LogP contribution in [-0.4, -0.2) is 12.6 Å². The summed E-state index contributed by atoms with van der Waals surface area (Å²) in [5, 5.41) is 0. The first-order valence-corrected chi connectivity index (χ1v) is 1.97. The molecule has 0 radical (unpaired) electrons. The molecule has 1 atom stereocenters. The first kappa shape index (κ1) is 4.20. The Morgan fingerprint density at radius 3 is 2.71 bits per heavy atom. The predicted molar refractivity (Wildman–Crippen MR) is 23.3 cm³/mol. The van der Waals surface area contributed by atoms with Crippen LogP contribution in [0.5, 0.6) is 0 Å². The van der Waals surface area contributed by atoms with Gasteiger partial charge in [0.05, 0.1) is 0 Å². The van der Waals surface area contributed by atoms with Gasteiger partial charge in [-0.1, -0.05) is 5.92 Å². The number of carbonyl (C=O) groups excluding carboxylic acids is 1. The summed E-state index contributed by atoms with van der Waals surface area (Å²) in [5.74, 6) is 1.77. The van der Waals surface area contributed by atoms with E-state index in [4.69, 9.17) is 6.42 Å². The SMILES string of the molecule is C#CC1COC1=O. The zero-order valence-corrected chi connectivity index (χ0v) is 3.68. The highest BCUT2D eigenvalue weighted by molar-refractivity contribution is 5.80. The van der Waals surface area contributed by atoms with Crippen molar-refractivity contribution in [2.24, 2.45) is 5.92 Å². The van der Waals surface area contributed by atoms with Crippen LogP contribution in [0, 0.1) is 18.3 Å². The molecule has 0 spiro atoms. The molecular weight excluding hydrogens is 92.1 g/mol. The highest BCUT2D eigenvalue weighted by atomic mass is 16.6. The number of hydrogen-bond donors (Lipinski definition) is 0. The third kappa shape index (κ3) is 0.459. The Balaban J connectivity index is 2.48. The van der Waals surface area contributed by atoms with Gasteiger partial charge in [-0.15, -0.1) is 6.42 Å². The lowest BCUT2D eigenvalue weighted by atomic mass is 10.1. The molecule has 1 unspecified atom stereocenters. The molecule has 0 aromatic heterocycles. The minimum Gasteiger partial charge on any atom is -0.463 e. The molecule has 1 heterocycles. The summed E-state index contributed by atoms with van der Waals surface area (Å²) >= 11 is 0. The summed E-state index contributed by atoms with van der Waals surface area (Å²) in [4.78, 5) is 10.1. The highest BCUT2D eigenvalue weighted by Crippen LogP contribution is 2.09. The molecule has 0 aromatic carbocycles. The van der Waals surface area contributed by atoms with Gasteiger partial charge in [-0.2, -0.15) is 0 Å². The second-order valence-electron chi connectivity index (χ2n) is 1.35. The van der Waals surface area contributed by atoms with E-state index < -0.39 is 0 Å². The molecule has 36 valence electrons. The fourth-order valence-electron chi connectivity index (χ4n) is 0.351. The maximum absolute atomic E-state index is 10.1. The largest absolute Gasteiger partial charge is 0.463 e. The van der Waals surface area contributed by atoms with Crippen molar-refractivity contribution in [2.75, 3.05) is 6.61 Å². The van der Waals surface area contributed by atoms with Crippen LogP contribution in [0.15, 0.2) is 0 Å². The van der Waals surface area contributed by atoms with E-state index in [9.17, 15) is 4.79 Å². The van der Waals surface area contributed by atoms with Crippen molar-refractivity contribution in [3.8, 4) is 12.3 Å². The molecule has 1 aliphatic rings. The molecule has 1 aliphatic heterocycles. The summed E-state index contributed by atoms with van der Waals surface area (Å²) in [6.07, 6.45) is 4.87. The van der Waals surface area contributed by atoms with E-state index in [0.29, 0.717) is 6.61 Å². The van der Waals surface area contributed by atoms with Gasteiger partial charge in [0.1, 0.15) is 6.61 Å². The average molecular weight is 96.1 g/mol. The molecule has 1 fully saturated rings. The number of carbonyl (C=O) groups is 1. The molecule has 0 aliphatic carbocycles. The van der Waals surface area contributed by atoms with Crippen molar-refractivity contribution in [1.82, 2.24) is 0 Å². The van der Waals surface area contributed by atoms with Crippen molar-refractivity contribution in [3.63, 3.8) is 0 Å². The van der Waals surface area contributed by atoms with Gasteiger partial charge in [0.15, 0.2) is 5.92 Å². The van der Waals surface area contributed by atoms with Crippen molar-refractivity contribution in [1.29, 1.82) is 0 Å². The van der Waals surface area contributed by atoms with Gasteiger partial charge in [-0.05, 0) is 0 Å². The lowest BCUT2D eigenvalue weighted by Crippen LogP contribution is -2.32. The fourth-order valence-corrected chi connectivity index (χ4v) is 0.351.